The van der Waals surface area contributed by atoms with Crippen molar-refractivity contribution in [2.75, 3.05) is 31.1 Å². The Bertz CT molecular complexity index is 1340. The van der Waals surface area contributed by atoms with Crippen molar-refractivity contribution in [2.45, 2.75) is 32.7 Å². The summed E-state index contributed by atoms with van der Waals surface area (Å²) in [7, 11) is 0. The monoisotopic (exact) mass is 460 g/mol. The molecule has 0 bridgehead atoms. The van der Waals surface area contributed by atoms with Gasteiger partial charge in [-0.05, 0) is 45.4 Å². The highest BCUT2D eigenvalue weighted by Gasteiger charge is 2.20. The van der Waals surface area contributed by atoms with Gasteiger partial charge in [0.15, 0.2) is 5.82 Å². The number of fused-ring (bicyclic) bond motifs is 1. The minimum atomic E-state index is -0.871. The van der Waals surface area contributed by atoms with E-state index < -0.39 is 6.09 Å². The highest BCUT2D eigenvalue weighted by Crippen LogP contribution is 2.25. The van der Waals surface area contributed by atoms with E-state index in [1.807, 2.05) is 52.2 Å². The van der Waals surface area contributed by atoms with Gasteiger partial charge in [0.05, 0.1) is 29.1 Å². The Morgan fingerprint density at radius 2 is 1.82 bits per heavy atom. The lowest BCUT2D eigenvalue weighted by molar-refractivity contribution is 0.148. The molecule has 176 valence electrons. The zero-order valence-electron chi connectivity index (χ0n) is 19.6. The molecule has 10 nitrogen and oxygen atoms in total. The van der Waals surface area contributed by atoms with Crippen molar-refractivity contribution >= 4 is 22.8 Å². The van der Waals surface area contributed by atoms with Crippen LogP contribution >= 0.6 is 0 Å². The second-order valence-electron chi connectivity index (χ2n) is 9.49. The van der Waals surface area contributed by atoms with Crippen molar-refractivity contribution in [1.82, 2.24) is 34.4 Å². The van der Waals surface area contributed by atoms with Crippen LogP contribution in [0.15, 0.2) is 49.1 Å². The number of hydrogen-bond acceptors (Lipinski definition) is 6. The van der Waals surface area contributed by atoms with Crippen LogP contribution < -0.4 is 4.90 Å². The minimum absolute atomic E-state index is 0.108. The lowest BCUT2D eigenvalue weighted by Crippen LogP contribution is -2.34. The summed E-state index contributed by atoms with van der Waals surface area (Å²) >= 11 is 0. The number of rotatable bonds is 3. The molecule has 4 aromatic heterocycles. The van der Waals surface area contributed by atoms with Crippen molar-refractivity contribution < 1.29 is 9.90 Å². The van der Waals surface area contributed by atoms with Crippen molar-refractivity contribution in [3.63, 3.8) is 0 Å². The maximum Gasteiger partial charge on any atom is 0.407 e. The van der Waals surface area contributed by atoms with Gasteiger partial charge in [0.1, 0.15) is 5.82 Å². The molecule has 1 fully saturated rings. The van der Waals surface area contributed by atoms with E-state index in [2.05, 4.69) is 40.9 Å². The van der Waals surface area contributed by atoms with Crippen LogP contribution in [0.5, 0.6) is 0 Å². The van der Waals surface area contributed by atoms with Crippen LogP contribution in [0.4, 0.5) is 10.6 Å². The van der Waals surface area contributed by atoms with E-state index in [1.165, 1.54) is 4.90 Å². The van der Waals surface area contributed by atoms with Gasteiger partial charge in [-0.2, -0.15) is 10.2 Å². The fourth-order valence-electron chi connectivity index (χ4n) is 4.13. The van der Waals surface area contributed by atoms with Crippen LogP contribution in [-0.4, -0.2) is 71.8 Å². The molecule has 1 N–H and O–H groups in total. The van der Waals surface area contributed by atoms with E-state index in [4.69, 9.17) is 4.98 Å². The van der Waals surface area contributed by atoms with Gasteiger partial charge in [-0.25, -0.2) is 14.5 Å². The van der Waals surface area contributed by atoms with Crippen LogP contribution in [-0.2, 0) is 5.54 Å². The fraction of sp³-hybridized carbons (Fsp3) is 0.375. The summed E-state index contributed by atoms with van der Waals surface area (Å²) in [5, 5.41) is 19.3. The fourth-order valence-corrected chi connectivity index (χ4v) is 4.13. The second-order valence-corrected chi connectivity index (χ2v) is 9.49. The first-order valence-corrected chi connectivity index (χ1v) is 11.4. The first-order chi connectivity index (χ1) is 16.3. The Hall–Kier alpha value is -3.95. The van der Waals surface area contributed by atoms with Crippen molar-refractivity contribution in [3.05, 3.63) is 49.1 Å². The van der Waals surface area contributed by atoms with Gasteiger partial charge in [-0.15, -0.1) is 0 Å². The zero-order chi connectivity index (χ0) is 23.9. The van der Waals surface area contributed by atoms with Gasteiger partial charge >= 0.3 is 6.09 Å². The third-order valence-corrected chi connectivity index (χ3v) is 6.05. The van der Waals surface area contributed by atoms with Crippen molar-refractivity contribution in [2.24, 2.45) is 0 Å². The molecule has 5 heterocycles. The highest BCUT2D eigenvalue weighted by atomic mass is 16.4. The summed E-state index contributed by atoms with van der Waals surface area (Å²) in [4.78, 5) is 24.4. The predicted molar refractivity (Wildman–Crippen MR) is 129 cm³/mol. The molecule has 0 saturated carbocycles. The molecule has 10 heteroatoms. The second kappa shape index (κ2) is 8.44. The quantitative estimate of drug-likeness (QED) is 0.498. The Labute approximate surface area is 197 Å². The van der Waals surface area contributed by atoms with Gasteiger partial charge in [0.25, 0.3) is 0 Å². The van der Waals surface area contributed by atoms with Crippen LogP contribution in [0.25, 0.3) is 28.0 Å². The average Bonchev–Trinajstić information content (AvgIpc) is 3.40. The maximum absolute atomic E-state index is 11.3. The molecule has 0 spiro atoms. The smallest absolute Gasteiger partial charge is 0.407 e. The normalized spacial score (nSPS) is 15.0. The number of nitrogens with zero attached hydrogens (tertiary/aromatic N) is 8. The van der Waals surface area contributed by atoms with Crippen LogP contribution in [0.3, 0.4) is 0 Å². The molecule has 0 atom stereocenters. The van der Waals surface area contributed by atoms with Gasteiger partial charge < -0.3 is 14.9 Å². The predicted octanol–water partition coefficient (Wildman–Crippen LogP) is 3.62. The molecule has 1 aliphatic heterocycles. The number of anilines is 1. The lowest BCUT2D eigenvalue weighted by atomic mass is 10.1. The average molecular weight is 461 g/mol. The van der Waals surface area contributed by atoms with Crippen molar-refractivity contribution in [1.29, 1.82) is 0 Å². The molecule has 4 aromatic rings. The lowest BCUT2D eigenvalue weighted by Gasteiger charge is -2.22. The zero-order valence-corrected chi connectivity index (χ0v) is 19.6. The molecule has 34 heavy (non-hydrogen) atoms. The number of pyridine rings is 2. The summed E-state index contributed by atoms with van der Waals surface area (Å²) < 4.78 is 3.75. The first kappa shape index (κ1) is 21.9. The summed E-state index contributed by atoms with van der Waals surface area (Å²) in [5.41, 5.74) is 2.57. The Morgan fingerprint density at radius 1 is 1.00 bits per heavy atom. The van der Waals surface area contributed by atoms with Gasteiger partial charge in [0, 0.05) is 49.5 Å². The first-order valence-electron chi connectivity index (χ1n) is 11.4. The summed E-state index contributed by atoms with van der Waals surface area (Å²) in [6.07, 6.45) is 7.34. The molecular weight excluding hydrogens is 432 g/mol. The van der Waals surface area contributed by atoms with E-state index in [9.17, 15) is 9.90 Å². The van der Waals surface area contributed by atoms with E-state index in [-0.39, 0.29) is 5.54 Å². The topological polar surface area (TPSA) is 105 Å². The minimum Gasteiger partial charge on any atom is -0.465 e. The van der Waals surface area contributed by atoms with E-state index >= 15 is 0 Å². The van der Waals surface area contributed by atoms with Gasteiger partial charge in [-0.3, -0.25) is 9.67 Å². The molecule has 1 aliphatic rings. The maximum atomic E-state index is 11.3. The summed E-state index contributed by atoms with van der Waals surface area (Å²) in [6, 6.07) is 7.85. The largest absolute Gasteiger partial charge is 0.465 e. The summed E-state index contributed by atoms with van der Waals surface area (Å²) in [6.45, 7) is 8.69. The molecule has 0 unspecified atom stereocenters. The highest BCUT2D eigenvalue weighted by molar-refractivity contribution is 5.83. The number of aromatic nitrogens is 6. The standard InChI is InChI=1S/C24H28N8O2/c1-24(2,3)31-16-18(15-26-31)19-12-20-17(13-25-19)14-27-32(20)22-7-4-6-21(28-22)29-8-5-9-30(11-10-29)23(33)34/h4,6-7,12-16H,5,8-11H2,1-3H3,(H,33,34). The Kier molecular flexibility index (Phi) is 5.43. The van der Waals surface area contributed by atoms with E-state index in [1.54, 1.807) is 6.20 Å². The molecule has 0 radical (unpaired) electrons. The molecular formula is C24H28N8O2. The molecule has 1 amide bonds. The van der Waals surface area contributed by atoms with Crippen molar-refractivity contribution in [3.8, 4) is 17.1 Å². The van der Waals surface area contributed by atoms with Gasteiger partial charge in [0.2, 0.25) is 0 Å². The molecule has 1 saturated heterocycles. The van der Waals surface area contributed by atoms with Crippen LogP contribution in [0.2, 0.25) is 0 Å². The van der Waals surface area contributed by atoms with E-state index in [0.717, 1.165) is 40.9 Å². The third-order valence-electron chi connectivity index (χ3n) is 6.05. The molecule has 0 aliphatic carbocycles. The number of amides is 1. The Balaban J connectivity index is 1.46. The molecule has 5 rings (SSSR count). The van der Waals surface area contributed by atoms with E-state index in [0.29, 0.717) is 25.5 Å². The number of hydrogen-bond donors (Lipinski definition) is 1. The summed E-state index contributed by atoms with van der Waals surface area (Å²) in [5.74, 6) is 1.52. The molecule has 0 aromatic carbocycles. The number of carboxylic acid groups (broad SMARTS) is 1. The SMILES string of the molecule is CC(C)(C)n1cc(-c2cc3c(cn2)cnn3-c2cccc(N3CCCN(C(=O)O)CC3)n2)cn1. The van der Waals surface area contributed by atoms with Crippen LogP contribution in [0.1, 0.15) is 27.2 Å². The third kappa shape index (κ3) is 4.18. The number of carbonyl (C=O) groups is 1. The van der Waals surface area contributed by atoms with Crippen LogP contribution in [0, 0.1) is 0 Å². The Morgan fingerprint density at radius 3 is 2.59 bits per heavy atom. The van der Waals surface area contributed by atoms with Gasteiger partial charge in [-0.1, -0.05) is 6.07 Å².